The number of aryl methyl sites for hydroxylation is 1. The molecule has 0 bridgehead atoms. The van der Waals surface area contributed by atoms with Gasteiger partial charge in [-0.2, -0.15) is 0 Å². The van der Waals surface area contributed by atoms with Crippen LogP contribution in [0.3, 0.4) is 0 Å². The molecule has 0 amide bonds. The van der Waals surface area contributed by atoms with Gasteiger partial charge in [0.05, 0.1) is 13.2 Å². The topological polar surface area (TPSA) is 33.2 Å². The number of nitrogens with zero attached hydrogens (tertiary/aromatic N) is 3. The molecular weight excluding hydrogens is 345 g/mol. The van der Waals surface area contributed by atoms with Gasteiger partial charge in [0.1, 0.15) is 5.70 Å². The zero-order valence-corrected chi connectivity index (χ0v) is 16.3. The summed E-state index contributed by atoms with van der Waals surface area (Å²) in [6.45, 7) is 4.54. The molecule has 0 saturated carbocycles. The van der Waals surface area contributed by atoms with E-state index >= 15 is 0 Å². The molecular formula is C23H21BN3O+. The second-order valence-electron chi connectivity index (χ2n) is 7.31. The molecule has 0 fully saturated rings. The number of fused-ring (bicyclic) bond motifs is 3. The number of furan rings is 1. The minimum absolute atomic E-state index is 0.200. The molecule has 0 spiro atoms. The third kappa shape index (κ3) is 2.54. The van der Waals surface area contributed by atoms with Crippen LogP contribution in [0.1, 0.15) is 6.92 Å². The van der Waals surface area contributed by atoms with Gasteiger partial charge in [-0.15, -0.1) is 0 Å². The van der Waals surface area contributed by atoms with Crippen molar-refractivity contribution in [3.8, 4) is 11.1 Å². The minimum Gasteiger partial charge on any atom is -0.434 e. The Morgan fingerprint density at radius 3 is 2.68 bits per heavy atom. The molecule has 0 atom stereocenters. The Morgan fingerprint density at radius 1 is 1.04 bits per heavy atom. The van der Waals surface area contributed by atoms with Crippen molar-refractivity contribution in [1.29, 1.82) is 0 Å². The highest BCUT2D eigenvalue weighted by atomic mass is 16.3. The van der Waals surface area contributed by atoms with E-state index in [4.69, 9.17) is 4.42 Å². The SMILES string of the molecule is CB1C=c2c(oc3ncccc23)=C(C)N1c1cc(-c2ccccc2)cc[n+]1C. The van der Waals surface area contributed by atoms with Crippen molar-refractivity contribution in [2.45, 2.75) is 13.7 Å². The Bertz CT molecular complexity index is 1310. The Morgan fingerprint density at radius 2 is 1.86 bits per heavy atom. The highest BCUT2D eigenvalue weighted by Gasteiger charge is 2.34. The van der Waals surface area contributed by atoms with Gasteiger partial charge in [-0.25, -0.2) is 9.55 Å². The number of benzene rings is 1. The van der Waals surface area contributed by atoms with Crippen molar-refractivity contribution in [1.82, 2.24) is 4.98 Å². The summed E-state index contributed by atoms with van der Waals surface area (Å²) >= 11 is 0. The van der Waals surface area contributed by atoms with Gasteiger partial charge in [0.25, 0.3) is 5.82 Å². The Kier molecular flexibility index (Phi) is 3.83. The summed E-state index contributed by atoms with van der Waals surface area (Å²) in [7, 11) is 2.08. The van der Waals surface area contributed by atoms with E-state index in [1.165, 1.54) is 11.1 Å². The van der Waals surface area contributed by atoms with Gasteiger partial charge in [0.15, 0.2) is 5.42 Å². The minimum atomic E-state index is 0.200. The van der Waals surface area contributed by atoms with Crippen LogP contribution in [0.25, 0.3) is 33.9 Å². The highest BCUT2D eigenvalue weighted by molar-refractivity contribution is 6.77. The summed E-state index contributed by atoms with van der Waals surface area (Å²) in [5.74, 6) is 3.40. The standard InChI is InChI=1S/C23H21BN3O/c1-16-22-20(19-10-7-12-25-23(19)28-22)15-24(2)27(16)21-14-18(11-13-26(21)3)17-8-5-4-6-9-17/h4-15H,1-3H3/q+1. The number of rotatable bonds is 2. The molecule has 1 aliphatic rings. The van der Waals surface area contributed by atoms with E-state index < -0.39 is 0 Å². The predicted molar refractivity (Wildman–Crippen MR) is 114 cm³/mol. The smallest absolute Gasteiger partial charge is 0.402 e. The van der Waals surface area contributed by atoms with Gasteiger partial charge in [-0.05, 0) is 43.1 Å². The maximum absolute atomic E-state index is 6.13. The van der Waals surface area contributed by atoms with Crippen molar-refractivity contribution < 1.29 is 8.98 Å². The van der Waals surface area contributed by atoms with E-state index in [1.807, 2.05) is 12.1 Å². The molecule has 0 saturated heterocycles. The summed E-state index contributed by atoms with van der Waals surface area (Å²) in [4.78, 5) is 6.72. The fourth-order valence-electron chi connectivity index (χ4n) is 4.10. The first-order valence-electron chi connectivity index (χ1n) is 9.54. The average Bonchev–Trinajstić information content (AvgIpc) is 3.09. The maximum atomic E-state index is 6.13. The lowest BCUT2D eigenvalue weighted by atomic mass is 9.60. The lowest BCUT2D eigenvalue weighted by Crippen LogP contribution is -2.50. The number of hydrogen-bond donors (Lipinski definition) is 0. The van der Waals surface area contributed by atoms with Crippen LogP contribution in [-0.2, 0) is 7.05 Å². The molecule has 0 aliphatic carbocycles. The molecule has 4 aromatic rings. The van der Waals surface area contributed by atoms with Gasteiger partial charge in [-0.1, -0.05) is 36.3 Å². The molecule has 28 heavy (non-hydrogen) atoms. The van der Waals surface area contributed by atoms with E-state index in [-0.39, 0.29) is 6.85 Å². The third-order valence-corrected chi connectivity index (χ3v) is 5.49. The van der Waals surface area contributed by atoms with Crippen LogP contribution in [0.5, 0.6) is 0 Å². The summed E-state index contributed by atoms with van der Waals surface area (Å²) in [6, 6.07) is 18.9. The van der Waals surface area contributed by atoms with Crippen LogP contribution in [0.2, 0.25) is 6.82 Å². The van der Waals surface area contributed by atoms with Crippen molar-refractivity contribution in [3.05, 3.63) is 77.6 Å². The molecule has 1 aliphatic heterocycles. The van der Waals surface area contributed by atoms with Crippen molar-refractivity contribution in [3.63, 3.8) is 0 Å². The summed E-state index contributed by atoms with van der Waals surface area (Å²) < 4.78 is 8.29. The molecule has 5 heteroatoms. The quantitative estimate of drug-likeness (QED) is 0.404. The summed E-state index contributed by atoms with van der Waals surface area (Å²) in [6.07, 6.45) is 3.89. The molecule has 5 rings (SSSR count). The van der Waals surface area contributed by atoms with Gasteiger partial charge < -0.3 is 4.42 Å². The number of hydrogen-bond acceptors (Lipinski definition) is 3. The van der Waals surface area contributed by atoms with Gasteiger partial charge in [0, 0.05) is 22.9 Å². The summed E-state index contributed by atoms with van der Waals surface area (Å²) in [5, 5.41) is 2.22. The first-order chi connectivity index (χ1) is 13.6. The van der Waals surface area contributed by atoms with E-state index in [1.54, 1.807) is 6.20 Å². The first kappa shape index (κ1) is 16.8. The highest BCUT2D eigenvalue weighted by Crippen LogP contribution is 2.25. The van der Waals surface area contributed by atoms with Gasteiger partial charge >= 0.3 is 6.85 Å². The molecule has 0 radical (unpaired) electrons. The van der Waals surface area contributed by atoms with E-state index in [0.717, 1.165) is 27.5 Å². The van der Waals surface area contributed by atoms with Crippen LogP contribution in [-0.4, -0.2) is 11.8 Å². The van der Waals surface area contributed by atoms with Crippen molar-refractivity contribution >= 4 is 35.4 Å². The maximum Gasteiger partial charge on any atom is 0.402 e. The Balaban J connectivity index is 1.72. The van der Waals surface area contributed by atoms with Crippen LogP contribution in [0.15, 0.2) is 71.4 Å². The normalized spacial score (nSPS) is 13.6. The zero-order chi connectivity index (χ0) is 19.3. The zero-order valence-electron chi connectivity index (χ0n) is 16.3. The lowest BCUT2D eigenvalue weighted by molar-refractivity contribution is -0.657. The molecule has 0 N–H and O–H groups in total. The Labute approximate surface area is 164 Å². The Hall–Kier alpha value is -3.34. The monoisotopic (exact) mass is 366 g/mol. The molecule has 1 aromatic carbocycles. The van der Waals surface area contributed by atoms with Crippen LogP contribution in [0, 0.1) is 0 Å². The fraction of sp³-hybridized carbons (Fsp3) is 0.130. The molecule has 3 aromatic heterocycles. The lowest BCUT2D eigenvalue weighted by Gasteiger charge is -2.23. The van der Waals surface area contributed by atoms with Crippen LogP contribution >= 0.6 is 0 Å². The van der Waals surface area contributed by atoms with Gasteiger partial charge in [0.2, 0.25) is 5.71 Å². The van der Waals surface area contributed by atoms with E-state index in [0.29, 0.717) is 5.71 Å². The predicted octanol–water partition coefficient (Wildman–Crippen LogP) is 2.91. The first-order valence-corrected chi connectivity index (χ1v) is 9.54. The summed E-state index contributed by atoms with van der Waals surface area (Å²) in [5.41, 5.74) is 5.11. The fourth-order valence-corrected chi connectivity index (χ4v) is 4.10. The number of aromatic nitrogens is 2. The van der Waals surface area contributed by atoms with Crippen LogP contribution < -0.4 is 20.0 Å². The van der Waals surface area contributed by atoms with E-state index in [2.05, 4.69) is 89.8 Å². The molecule has 4 heterocycles. The second kappa shape index (κ2) is 6.38. The number of anilines is 1. The van der Waals surface area contributed by atoms with Crippen molar-refractivity contribution in [2.24, 2.45) is 7.05 Å². The van der Waals surface area contributed by atoms with Crippen molar-refractivity contribution in [2.75, 3.05) is 4.81 Å². The molecule has 4 nitrogen and oxygen atoms in total. The largest absolute Gasteiger partial charge is 0.434 e. The average molecular weight is 366 g/mol. The molecule has 0 unspecified atom stereocenters. The van der Waals surface area contributed by atoms with Crippen LogP contribution in [0.4, 0.5) is 5.82 Å². The third-order valence-electron chi connectivity index (χ3n) is 5.49. The van der Waals surface area contributed by atoms with Gasteiger partial charge in [-0.3, -0.25) is 4.81 Å². The van der Waals surface area contributed by atoms with E-state index in [9.17, 15) is 0 Å². The molecule has 136 valence electrons. The number of pyridine rings is 2. The second-order valence-corrected chi connectivity index (χ2v) is 7.31.